The summed E-state index contributed by atoms with van der Waals surface area (Å²) in [6, 6.07) is 14.6. The van der Waals surface area contributed by atoms with Crippen molar-refractivity contribution in [2.24, 2.45) is 11.8 Å². The Kier molecular flexibility index (Phi) is 23.3. The monoisotopic (exact) mass is 891 g/mol. The molecule has 0 spiro atoms. The largest absolute Gasteiger partial charge is 0.396 e. The lowest BCUT2D eigenvalue weighted by atomic mass is 9.91. The van der Waals surface area contributed by atoms with Gasteiger partial charge in [0, 0.05) is 86.6 Å². The molecule has 60 heavy (non-hydrogen) atoms. The average molecular weight is 892 g/mol. The molecular formula is C54H82O2S4. The van der Waals surface area contributed by atoms with Crippen LogP contribution in [0, 0.1) is 11.8 Å². The molecule has 0 fully saturated rings. The third-order valence-corrected chi connectivity index (χ3v) is 17.6. The molecule has 0 radical (unpaired) electrons. The van der Waals surface area contributed by atoms with E-state index in [9.17, 15) is 10.2 Å². The van der Waals surface area contributed by atoms with Crippen molar-refractivity contribution in [3.63, 3.8) is 0 Å². The van der Waals surface area contributed by atoms with Crippen LogP contribution in [0.2, 0.25) is 0 Å². The smallest absolute Gasteiger partial charge is 0.0479 e. The number of unbranched alkanes of at least 4 members (excludes halogenated alkanes) is 16. The lowest BCUT2D eigenvalue weighted by molar-refractivity contribution is 0.300. The zero-order chi connectivity index (χ0) is 42.4. The maximum absolute atomic E-state index is 10.1. The predicted octanol–water partition coefficient (Wildman–Crippen LogP) is 18.4. The number of fused-ring (bicyclic) bond motifs is 2. The maximum Gasteiger partial charge on any atom is 0.0479 e. The first-order valence-electron chi connectivity index (χ1n) is 24.9. The van der Waals surface area contributed by atoms with Crippen LogP contribution in [-0.4, -0.2) is 23.4 Å². The van der Waals surface area contributed by atoms with Crippen LogP contribution in [0.5, 0.6) is 0 Å². The molecule has 0 bridgehead atoms. The average Bonchev–Trinajstić information content (AvgIpc) is 4.07. The summed E-state index contributed by atoms with van der Waals surface area (Å²) < 4.78 is 2.75. The molecule has 4 heterocycles. The summed E-state index contributed by atoms with van der Waals surface area (Å²) in [7, 11) is 0. The number of aliphatic hydroxyl groups excluding tert-OH is 2. The van der Waals surface area contributed by atoms with Gasteiger partial charge in [-0.05, 0) is 61.1 Å². The van der Waals surface area contributed by atoms with E-state index in [-0.39, 0.29) is 13.2 Å². The van der Waals surface area contributed by atoms with Crippen molar-refractivity contribution in [1.82, 2.24) is 0 Å². The first kappa shape index (κ1) is 49.5. The van der Waals surface area contributed by atoms with E-state index >= 15 is 0 Å². The summed E-state index contributed by atoms with van der Waals surface area (Å²) in [5.74, 6) is 1.54. The molecular weight excluding hydrogens is 809 g/mol. The Labute approximate surface area is 382 Å². The Balaban J connectivity index is 1.46. The quantitative estimate of drug-likeness (QED) is 0.0404. The third kappa shape index (κ3) is 15.3. The third-order valence-electron chi connectivity index (χ3n) is 12.9. The van der Waals surface area contributed by atoms with Crippen molar-refractivity contribution in [3.05, 3.63) is 55.9 Å². The molecule has 334 valence electrons. The van der Waals surface area contributed by atoms with Gasteiger partial charge in [-0.15, -0.1) is 45.3 Å². The number of thiophene rings is 4. The normalized spacial score (nSPS) is 13.0. The molecule has 2 unspecified atom stereocenters. The Morgan fingerprint density at radius 1 is 0.400 bits per heavy atom. The summed E-state index contributed by atoms with van der Waals surface area (Å²) in [6.07, 6.45) is 36.5. The minimum absolute atomic E-state index is 0.176. The Morgan fingerprint density at radius 2 is 0.733 bits per heavy atom. The summed E-state index contributed by atoms with van der Waals surface area (Å²) in [4.78, 5) is 8.38. The van der Waals surface area contributed by atoms with Crippen LogP contribution in [0.25, 0.3) is 41.1 Å². The number of rotatable bonds is 34. The number of hydrogen-bond donors (Lipinski definition) is 2. The molecule has 2 atom stereocenters. The minimum atomic E-state index is 0.176. The second kappa shape index (κ2) is 28.3. The fourth-order valence-corrected chi connectivity index (χ4v) is 14.4. The summed E-state index contributed by atoms with van der Waals surface area (Å²) in [5.41, 5.74) is 2.76. The summed E-state index contributed by atoms with van der Waals surface area (Å²) in [6.45, 7) is 9.62. The molecule has 6 heteroatoms. The molecule has 0 amide bonds. The van der Waals surface area contributed by atoms with Crippen molar-refractivity contribution in [3.8, 4) is 20.9 Å². The fraction of sp³-hybridized carbons (Fsp3) is 0.667. The van der Waals surface area contributed by atoms with Crippen molar-refractivity contribution in [1.29, 1.82) is 0 Å². The van der Waals surface area contributed by atoms with Crippen molar-refractivity contribution in [2.45, 2.75) is 207 Å². The van der Waals surface area contributed by atoms with Crippen LogP contribution in [0.4, 0.5) is 0 Å². The first-order chi connectivity index (χ1) is 29.5. The van der Waals surface area contributed by atoms with Crippen LogP contribution < -0.4 is 0 Å². The van der Waals surface area contributed by atoms with Crippen LogP contribution >= 0.6 is 45.3 Å². The maximum atomic E-state index is 10.1. The molecule has 2 N–H and O–H groups in total. The van der Waals surface area contributed by atoms with Gasteiger partial charge in [0.15, 0.2) is 0 Å². The van der Waals surface area contributed by atoms with E-state index in [1.165, 1.54) is 228 Å². The van der Waals surface area contributed by atoms with E-state index in [0.717, 1.165) is 11.8 Å². The van der Waals surface area contributed by atoms with E-state index in [2.05, 4.69) is 64.1 Å². The van der Waals surface area contributed by atoms with E-state index < -0.39 is 0 Å². The molecule has 4 aromatic heterocycles. The number of aliphatic hydroxyl groups is 2. The minimum Gasteiger partial charge on any atom is -0.396 e. The van der Waals surface area contributed by atoms with Gasteiger partial charge in [-0.1, -0.05) is 182 Å². The SMILES string of the molecule is CCCCCCCCC(CCCCCC)Cc1ccc(-c2c3cc(CCO)sc3c(-c3ccc(CC(CCCCCC)CCCCCCCC)s3)c3cc(CCO)sc23)s1. The van der Waals surface area contributed by atoms with Gasteiger partial charge >= 0.3 is 0 Å². The Hall–Kier alpha value is -1.54. The highest BCUT2D eigenvalue weighted by Gasteiger charge is 2.24. The topological polar surface area (TPSA) is 40.5 Å². The van der Waals surface area contributed by atoms with E-state index in [4.69, 9.17) is 0 Å². The van der Waals surface area contributed by atoms with Crippen molar-refractivity contribution < 1.29 is 10.2 Å². The van der Waals surface area contributed by atoms with Crippen molar-refractivity contribution in [2.75, 3.05) is 13.2 Å². The van der Waals surface area contributed by atoms with Crippen LogP contribution in [0.15, 0.2) is 36.4 Å². The highest BCUT2D eigenvalue weighted by molar-refractivity contribution is 7.23. The molecule has 1 aromatic carbocycles. The highest BCUT2D eigenvalue weighted by atomic mass is 32.1. The standard InChI is InChI=1S/C54H82O2S4/c1-5-9-13-17-19-23-27-41(25-21-15-11-7-3)37-43-29-31-49(57-43)51-47-39-45(33-35-55)60-54(47)52(48-40-46(34-36-56)59-53(48)51)50-32-30-44(58-50)38-42(26-22-16-12-8-4)28-24-20-18-14-10-6-2/h29-32,39-42,55-56H,5-28,33-38H2,1-4H3. The lowest BCUT2D eigenvalue weighted by Gasteiger charge is -2.16. The molecule has 0 saturated carbocycles. The van der Waals surface area contributed by atoms with Gasteiger partial charge < -0.3 is 10.2 Å². The highest BCUT2D eigenvalue weighted by Crippen LogP contribution is 2.52. The van der Waals surface area contributed by atoms with Gasteiger partial charge in [0.05, 0.1) is 0 Å². The molecule has 0 aliphatic carbocycles. The van der Waals surface area contributed by atoms with Gasteiger partial charge in [-0.25, -0.2) is 0 Å². The van der Waals surface area contributed by atoms with Gasteiger partial charge in [0.2, 0.25) is 0 Å². The van der Waals surface area contributed by atoms with Crippen LogP contribution in [0.3, 0.4) is 0 Å². The van der Waals surface area contributed by atoms with Gasteiger partial charge in [0.1, 0.15) is 0 Å². The molecule has 0 aliphatic heterocycles. The number of benzene rings is 1. The Morgan fingerprint density at radius 3 is 1.08 bits per heavy atom. The van der Waals surface area contributed by atoms with Gasteiger partial charge in [-0.3, -0.25) is 0 Å². The van der Waals surface area contributed by atoms with Crippen LogP contribution in [-0.2, 0) is 25.7 Å². The molecule has 0 saturated heterocycles. The predicted molar refractivity (Wildman–Crippen MR) is 273 cm³/mol. The summed E-state index contributed by atoms with van der Waals surface area (Å²) in [5, 5.41) is 23.0. The Bertz CT molecular complexity index is 1700. The van der Waals surface area contributed by atoms with Gasteiger partial charge in [-0.2, -0.15) is 0 Å². The zero-order valence-corrected chi connectivity index (χ0v) is 41.6. The van der Waals surface area contributed by atoms with E-state index in [0.29, 0.717) is 12.8 Å². The first-order valence-corrected chi connectivity index (χ1v) is 28.2. The summed E-state index contributed by atoms with van der Waals surface area (Å²) >= 11 is 7.86. The number of hydrogen-bond acceptors (Lipinski definition) is 6. The molecule has 5 rings (SSSR count). The van der Waals surface area contributed by atoms with Gasteiger partial charge in [0.25, 0.3) is 0 Å². The molecule has 5 aromatic rings. The van der Waals surface area contributed by atoms with Crippen LogP contribution in [0.1, 0.15) is 201 Å². The van der Waals surface area contributed by atoms with Crippen molar-refractivity contribution >= 4 is 65.5 Å². The fourth-order valence-electron chi connectivity index (χ4n) is 9.48. The van der Waals surface area contributed by atoms with E-state index in [1.54, 1.807) is 0 Å². The second-order valence-electron chi connectivity index (χ2n) is 18.1. The zero-order valence-electron chi connectivity index (χ0n) is 38.4. The van der Waals surface area contributed by atoms with E-state index in [1.807, 2.05) is 45.3 Å². The second-order valence-corrected chi connectivity index (χ2v) is 22.7. The molecule has 2 nitrogen and oxygen atoms in total. The lowest BCUT2D eigenvalue weighted by Crippen LogP contribution is -2.04. The molecule has 0 aliphatic rings.